The highest BCUT2D eigenvalue weighted by Crippen LogP contribution is 2.42. The number of rotatable bonds is 15. The predicted molar refractivity (Wildman–Crippen MR) is 171 cm³/mol. The molecule has 1 aliphatic heterocycles. The van der Waals surface area contributed by atoms with Gasteiger partial charge in [-0.05, 0) is 79.9 Å². The lowest BCUT2D eigenvalue weighted by Crippen LogP contribution is -2.44. The van der Waals surface area contributed by atoms with E-state index in [1.807, 2.05) is 84.9 Å². The van der Waals surface area contributed by atoms with Gasteiger partial charge in [0.2, 0.25) is 0 Å². The molecule has 0 aliphatic carbocycles. The zero-order valence-electron chi connectivity index (χ0n) is 25.8. The minimum Gasteiger partial charge on any atom is -0.468 e. The smallest absolute Gasteiger partial charge is 0.318 e. The first kappa shape index (κ1) is 32.9. The fraction of sp³-hybridized carbons (Fsp3) is 0.486. The summed E-state index contributed by atoms with van der Waals surface area (Å²) >= 11 is 0. The Labute approximate surface area is 257 Å². The quantitative estimate of drug-likeness (QED) is 0.146. The van der Waals surface area contributed by atoms with E-state index >= 15 is 0 Å². The molecule has 3 aromatic rings. The van der Waals surface area contributed by atoms with E-state index in [2.05, 4.69) is 11.8 Å². The summed E-state index contributed by atoms with van der Waals surface area (Å²) < 4.78 is 5.08. The molecule has 0 aromatic heterocycles. The van der Waals surface area contributed by atoms with Crippen LogP contribution in [-0.2, 0) is 20.5 Å². The molecule has 1 heterocycles. The van der Waals surface area contributed by atoms with Gasteiger partial charge in [0.05, 0.1) is 19.8 Å². The number of nitrogens with zero attached hydrogens (tertiary/aromatic N) is 1. The van der Waals surface area contributed by atoms with Crippen molar-refractivity contribution in [1.29, 1.82) is 0 Å². The number of hydrogen-bond acceptors (Lipinski definition) is 6. The van der Waals surface area contributed by atoms with Gasteiger partial charge in [-0.15, -0.1) is 0 Å². The zero-order chi connectivity index (χ0) is 30.7. The molecular formula is C37H49NO5. The summed E-state index contributed by atoms with van der Waals surface area (Å²) in [5.41, 5.74) is 1.32. The molecule has 3 N–H and O–H groups in total. The van der Waals surface area contributed by atoms with Crippen LogP contribution < -0.4 is 0 Å². The van der Waals surface area contributed by atoms with Crippen LogP contribution in [0.2, 0.25) is 0 Å². The molecule has 1 fully saturated rings. The first-order valence-electron chi connectivity index (χ1n) is 15.9. The van der Waals surface area contributed by atoms with E-state index in [-0.39, 0.29) is 12.5 Å². The summed E-state index contributed by atoms with van der Waals surface area (Å²) in [5.74, 6) is -0.301. The van der Waals surface area contributed by atoms with Crippen molar-refractivity contribution in [2.45, 2.75) is 75.4 Å². The van der Waals surface area contributed by atoms with E-state index in [9.17, 15) is 20.1 Å². The minimum absolute atomic E-state index is 0.121. The molecule has 2 unspecified atom stereocenters. The van der Waals surface area contributed by atoms with Crippen LogP contribution in [0.1, 0.15) is 86.6 Å². The number of aliphatic hydroxyl groups is 3. The fourth-order valence-corrected chi connectivity index (χ4v) is 6.77. The first-order valence-corrected chi connectivity index (χ1v) is 15.9. The lowest BCUT2D eigenvalue weighted by atomic mass is 9.72. The van der Waals surface area contributed by atoms with Crippen LogP contribution >= 0.6 is 0 Å². The lowest BCUT2D eigenvalue weighted by molar-refractivity contribution is -0.149. The highest BCUT2D eigenvalue weighted by Gasteiger charge is 2.42. The highest BCUT2D eigenvalue weighted by molar-refractivity contribution is 5.83. The van der Waals surface area contributed by atoms with Crippen LogP contribution in [0.4, 0.5) is 0 Å². The number of ether oxygens (including phenoxy) is 1. The maximum Gasteiger partial charge on any atom is 0.318 e. The van der Waals surface area contributed by atoms with Crippen LogP contribution in [0.3, 0.4) is 0 Å². The largest absolute Gasteiger partial charge is 0.468 e. The summed E-state index contributed by atoms with van der Waals surface area (Å²) in [4.78, 5) is 15.2. The molecule has 0 bridgehead atoms. The van der Waals surface area contributed by atoms with Crippen molar-refractivity contribution >= 4 is 5.97 Å². The van der Waals surface area contributed by atoms with Crippen molar-refractivity contribution in [1.82, 2.24) is 4.90 Å². The summed E-state index contributed by atoms with van der Waals surface area (Å²) in [6.45, 7) is 4.51. The normalized spacial score (nSPS) is 16.9. The number of carbonyl (C=O) groups excluding carboxylic acids is 1. The Hall–Kier alpha value is -3.03. The number of esters is 1. The fourth-order valence-electron chi connectivity index (χ4n) is 6.77. The van der Waals surface area contributed by atoms with Gasteiger partial charge in [0.25, 0.3) is 0 Å². The summed E-state index contributed by atoms with van der Waals surface area (Å²) in [5, 5.41) is 33.3. The monoisotopic (exact) mass is 587 g/mol. The van der Waals surface area contributed by atoms with Crippen molar-refractivity contribution < 1.29 is 24.9 Å². The van der Waals surface area contributed by atoms with Gasteiger partial charge >= 0.3 is 5.97 Å². The Morgan fingerprint density at radius 3 is 1.98 bits per heavy atom. The average Bonchev–Trinajstić information content (AvgIpc) is 3.07. The number of aliphatic hydroxyl groups excluding tert-OH is 2. The van der Waals surface area contributed by atoms with Gasteiger partial charge < -0.3 is 25.0 Å². The van der Waals surface area contributed by atoms with E-state index in [0.29, 0.717) is 12.8 Å². The molecule has 232 valence electrons. The predicted octanol–water partition coefficient (Wildman–Crippen LogP) is 6.13. The maximum absolute atomic E-state index is 12.7. The van der Waals surface area contributed by atoms with Gasteiger partial charge in [0.15, 0.2) is 0 Å². The van der Waals surface area contributed by atoms with Crippen molar-refractivity contribution in [3.8, 4) is 0 Å². The second-order valence-electron chi connectivity index (χ2n) is 12.1. The Bertz CT molecular complexity index is 1200. The summed E-state index contributed by atoms with van der Waals surface area (Å²) in [6.07, 6.45) is 6.04. The molecule has 0 radical (unpaired) electrons. The molecule has 0 spiro atoms. The van der Waals surface area contributed by atoms with Gasteiger partial charge in [-0.2, -0.15) is 0 Å². The third-order valence-corrected chi connectivity index (χ3v) is 9.46. The van der Waals surface area contributed by atoms with E-state index in [1.54, 1.807) is 0 Å². The van der Waals surface area contributed by atoms with Gasteiger partial charge in [0.1, 0.15) is 11.0 Å². The standard InChI is InChI=1S/C37H49NO5/c1-3-4-11-24-36(28-39,35(41)43-2)30-20-18-29(19-21-30)34(40)17-12-25-38-26-22-33(23-27-38)37(42,31-13-7-5-8-14-31)32-15-9-6-10-16-32/h5-10,13-16,18-21,33-34,39-40,42H,3-4,11-12,17,22-28H2,1-2H3. The summed E-state index contributed by atoms with van der Waals surface area (Å²) in [6, 6.07) is 27.5. The molecule has 43 heavy (non-hydrogen) atoms. The van der Waals surface area contributed by atoms with Gasteiger partial charge in [-0.3, -0.25) is 4.79 Å². The van der Waals surface area contributed by atoms with Crippen LogP contribution in [0.5, 0.6) is 0 Å². The van der Waals surface area contributed by atoms with Crippen molar-refractivity contribution in [3.63, 3.8) is 0 Å². The molecule has 1 saturated heterocycles. The van der Waals surface area contributed by atoms with E-state index < -0.39 is 23.1 Å². The topological polar surface area (TPSA) is 90.2 Å². The van der Waals surface area contributed by atoms with Crippen LogP contribution in [0.25, 0.3) is 0 Å². The third kappa shape index (κ3) is 7.55. The zero-order valence-corrected chi connectivity index (χ0v) is 25.8. The molecule has 2 atom stereocenters. The van der Waals surface area contributed by atoms with E-state index in [1.165, 1.54) is 7.11 Å². The second kappa shape index (κ2) is 15.6. The van der Waals surface area contributed by atoms with Crippen molar-refractivity contribution in [2.24, 2.45) is 5.92 Å². The molecule has 6 heteroatoms. The number of unbranched alkanes of at least 4 members (excludes halogenated alkanes) is 2. The Morgan fingerprint density at radius 2 is 1.47 bits per heavy atom. The number of methoxy groups -OCH3 is 1. The summed E-state index contributed by atoms with van der Waals surface area (Å²) in [7, 11) is 1.36. The molecule has 0 amide bonds. The van der Waals surface area contributed by atoms with Gasteiger partial charge in [0, 0.05) is 0 Å². The van der Waals surface area contributed by atoms with E-state index in [0.717, 1.165) is 80.4 Å². The highest BCUT2D eigenvalue weighted by atomic mass is 16.5. The second-order valence-corrected chi connectivity index (χ2v) is 12.1. The molecule has 3 aromatic carbocycles. The first-order chi connectivity index (χ1) is 20.9. The molecule has 1 aliphatic rings. The number of piperidine rings is 1. The van der Waals surface area contributed by atoms with Crippen LogP contribution in [0, 0.1) is 5.92 Å². The minimum atomic E-state index is -1.08. The lowest BCUT2D eigenvalue weighted by Gasteiger charge is -2.42. The third-order valence-electron chi connectivity index (χ3n) is 9.46. The Kier molecular flexibility index (Phi) is 11.9. The molecule has 0 saturated carbocycles. The molecule has 4 rings (SSSR count). The molecular weight excluding hydrogens is 538 g/mol. The number of benzene rings is 3. The van der Waals surface area contributed by atoms with Crippen LogP contribution in [0.15, 0.2) is 84.9 Å². The number of likely N-dealkylation sites (tertiary alicyclic amines) is 1. The van der Waals surface area contributed by atoms with Crippen LogP contribution in [-0.4, -0.2) is 59.5 Å². The number of hydrogen-bond donors (Lipinski definition) is 3. The van der Waals surface area contributed by atoms with Gasteiger partial charge in [-0.1, -0.05) is 111 Å². The van der Waals surface area contributed by atoms with E-state index in [4.69, 9.17) is 4.74 Å². The Balaban J connectivity index is 1.32. The maximum atomic E-state index is 12.7. The average molecular weight is 588 g/mol. The van der Waals surface area contributed by atoms with Gasteiger partial charge in [-0.25, -0.2) is 0 Å². The Morgan fingerprint density at radius 1 is 0.884 bits per heavy atom. The molecule has 6 nitrogen and oxygen atoms in total. The number of carbonyl (C=O) groups is 1. The van der Waals surface area contributed by atoms with Crippen molar-refractivity contribution in [3.05, 3.63) is 107 Å². The van der Waals surface area contributed by atoms with Crippen molar-refractivity contribution in [2.75, 3.05) is 33.4 Å². The SMILES string of the molecule is CCCCCC(CO)(C(=O)OC)c1ccc(C(O)CCCN2CCC(C(O)(c3ccccc3)c3ccccc3)CC2)cc1.